The van der Waals surface area contributed by atoms with Crippen LogP contribution in [-0.2, 0) is 9.59 Å². The Morgan fingerprint density at radius 3 is 2.00 bits per heavy atom. The lowest BCUT2D eigenvalue weighted by Gasteiger charge is -2.15. The molecule has 1 N–H and O–H groups in total. The number of carbonyl (C=O) groups is 2. The molecule has 0 unspecified atom stereocenters. The molecule has 1 aliphatic rings. The third-order valence-corrected chi connectivity index (χ3v) is 5.29. The van der Waals surface area contributed by atoms with Crippen LogP contribution in [-0.4, -0.2) is 11.8 Å². The fourth-order valence-corrected chi connectivity index (χ4v) is 3.54. The summed E-state index contributed by atoms with van der Waals surface area (Å²) < 4.78 is 0. The summed E-state index contributed by atoms with van der Waals surface area (Å²) in [6, 6.07) is 24.6. The van der Waals surface area contributed by atoms with Crippen LogP contribution in [0.15, 0.2) is 84.6 Å². The Bertz CT molecular complexity index is 1110. The fraction of sp³-hybridized carbons (Fsp3) is 0.154. The number of aryl methyl sites for hydroxylation is 1. The minimum absolute atomic E-state index is 0.296. The minimum Gasteiger partial charge on any atom is -0.350 e. The molecule has 4 rings (SSSR count). The van der Waals surface area contributed by atoms with Crippen LogP contribution in [0.1, 0.15) is 36.5 Å². The molecule has 1 aliphatic heterocycles. The van der Waals surface area contributed by atoms with E-state index >= 15 is 0 Å². The van der Waals surface area contributed by atoms with Crippen LogP contribution in [0.25, 0.3) is 5.57 Å². The van der Waals surface area contributed by atoms with Gasteiger partial charge in [0.05, 0.1) is 11.3 Å². The number of anilines is 2. The maximum atomic E-state index is 13.4. The first-order chi connectivity index (χ1) is 14.5. The Hall–Kier alpha value is -3.66. The number of para-hydroxylation sites is 1. The largest absolute Gasteiger partial charge is 0.350 e. The summed E-state index contributed by atoms with van der Waals surface area (Å²) in [6.45, 7) is 6.26. The SMILES string of the molecule is Cc1ccc(C2=C(Nc3ccc(C(C)C)cc3)C(=O)N(c3ccccc3)C2=O)cc1. The highest BCUT2D eigenvalue weighted by molar-refractivity contribution is 6.46. The van der Waals surface area contributed by atoms with Gasteiger partial charge in [-0.2, -0.15) is 0 Å². The third kappa shape index (κ3) is 3.64. The predicted octanol–water partition coefficient (Wildman–Crippen LogP) is 5.52. The van der Waals surface area contributed by atoms with E-state index in [0.29, 0.717) is 22.9 Å². The van der Waals surface area contributed by atoms with Gasteiger partial charge in [-0.3, -0.25) is 9.59 Å². The Morgan fingerprint density at radius 1 is 0.767 bits per heavy atom. The van der Waals surface area contributed by atoms with E-state index in [4.69, 9.17) is 0 Å². The van der Waals surface area contributed by atoms with Crippen LogP contribution in [0, 0.1) is 6.92 Å². The van der Waals surface area contributed by atoms with Crippen molar-refractivity contribution < 1.29 is 9.59 Å². The van der Waals surface area contributed by atoms with Crippen LogP contribution in [0.3, 0.4) is 0 Å². The highest BCUT2D eigenvalue weighted by atomic mass is 16.2. The zero-order chi connectivity index (χ0) is 21.3. The average Bonchev–Trinajstić information content (AvgIpc) is 2.99. The average molecular weight is 396 g/mol. The first-order valence-electron chi connectivity index (χ1n) is 10.1. The summed E-state index contributed by atoms with van der Waals surface area (Å²) in [5.74, 6) is -0.254. The van der Waals surface area contributed by atoms with Crippen molar-refractivity contribution in [1.82, 2.24) is 0 Å². The van der Waals surface area contributed by atoms with Crippen molar-refractivity contribution in [2.75, 3.05) is 10.2 Å². The second-order valence-corrected chi connectivity index (χ2v) is 7.80. The topological polar surface area (TPSA) is 49.4 Å². The van der Waals surface area contributed by atoms with Gasteiger partial charge in [-0.15, -0.1) is 0 Å². The molecule has 4 heteroatoms. The van der Waals surface area contributed by atoms with Gasteiger partial charge in [-0.05, 0) is 48.2 Å². The van der Waals surface area contributed by atoms with E-state index in [1.807, 2.05) is 73.7 Å². The molecule has 0 bridgehead atoms. The molecule has 1 heterocycles. The molecule has 3 aromatic carbocycles. The van der Waals surface area contributed by atoms with Crippen LogP contribution < -0.4 is 10.2 Å². The van der Waals surface area contributed by atoms with Crippen molar-refractivity contribution in [3.63, 3.8) is 0 Å². The number of nitrogens with zero attached hydrogens (tertiary/aromatic N) is 1. The van der Waals surface area contributed by atoms with Gasteiger partial charge in [0.1, 0.15) is 5.70 Å². The first kappa shape index (κ1) is 19.6. The molecule has 0 spiro atoms. The van der Waals surface area contributed by atoms with Gasteiger partial charge in [0.15, 0.2) is 0 Å². The molecule has 0 radical (unpaired) electrons. The number of hydrogen-bond acceptors (Lipinski definition) is 3. The van der Waals surface area contributed by atoms with Crippen molar-refractivity contribution in [3.8, 4) is 0 Å². The maximum Gasteiger partial charge on any atom is 0.282 e. The molecule has 0 fully saturated rings. The van der Waals surface area contributed by atoms with Gasteiger partial charge in [0, 0.05) is 5.69 Å². The Balaban J connectivity index is 1.77. The molecule has 150 valence electrons. The lowest BCUT2D eigenvalue weighted by molar-refractivity contribution is -0.120. The van der Waals surface area contributed by atoms with Crippen molar-refractivity contribution in [3.05, 3.63) is 101 Å². The molecule has 30 heavy (non-hydrogen) atoms. The second-order valence-electron chi connectivity index (χ2n) is 7.80. The van der Waals surface area contributed by atoms with E-state index in [0.717, 1.165) is 16.8 Å². The highest BCUT2D eigenvalue weighted by Gasteiger charge is 2.40. The lowest BCUT2D eigenvalue weighted by Crippen LogP contribution is -2.32. The zero-order valence-corrected chi connectivity index (χ0v) is 17.3. The summed E-state index contributed by atoms with van der Waals surface area (Å²) in [4.78, 5) is 27.9. The summed E-state index contributed by atoms with van der Waals surface area (Å²) in [7, 11) is 0. The summed E-state index contributed by atoms with van der Waals surface area (Å²) in [5.41, 5.74) is 5.04. The standard InChI is InChI=1S/C26H24N2O2/c1-17(2)19-13-15-21(16-14-19)27-24-23(20-11-9-18(3)10-12-20)25(29)28(26(24)30)22-7-5-4-6-8-22/h4-17,27H,1-3H3. The van der Waals surface area contributed by atoms with Crippen LogP contribution in [0.5, 0.6) is 0 Å². The van der Waals surface area contributed by atoms with Crippen LogP contribution >= 0.6 is 0 Å². The summed E-state index contributed by atoms with van der Waals surface area (Å²) >= 11 is 0. The molecule has 0 atom stereocenters. The second kappa shape index (κ2) is 7.99. The van der Waals surface area contributed by atoms with Gasteiger partial charge in [-0.1, -0.05) is 74.0 Å². The first-order valence-corrected chi connectivity index (χ1v) is 10.1. The monoisotopic (exact) mass is 396 g/mol. The molecular weight excluding hydrogens is 372 g/mol. The smallest absolute Gasteiger partial charge is 0.282 e. The summed E-state index contributed by atoms with van der Waals surface area (Å²) in [6.07, 6.45) is 0. The lowest BCUT2D eigenvalue weighted by atomic mass is 10.0. The van der Waals surface area contributed by atoms with E-state index in [1.54, 1.807) is 12.1 Å². The number of rotatable bonds is 5. The Labute approximate surface area is 176 Å². The van der Waals surface area contributed by atoms with Gasteiger partial charge >= 0.3 is 0 Å². The number of amides is 2. The fourth-order valence-electron chi connectivity index (χ4n) is 3.54. The Morgan fingerprint density at radius 2 is 1.40 bits per heavy atom. The number of carbonyl (C=O) groups excluding carboxylic acids is 2. The molecular formula is C26H24N2O2. The molecule has 4 nitrogen and oxygen atoms in total. The van der Waals surface area contributed by atoms with Crippen molar-refractivity contribution in [2.24, 2.45) is 0 Å². The van der Waals surface area contributed by atoms with E-state index in [-0.39, 0.29) is 11.8 Å². The minimum atomic E-state index is -0.352. The van der Waals surface area contributed by atoms with Crippen molar-refractivity contribution in [2.45, 2.75) is 26.7 Å². The summed E-state index contributed by atoms with van der Waals surface area (Å²) in [5, 5.41) is 3.22. The molecule has 0 saturated heterocycles. The van der Waals surface area contributed by atoms with Crippen molar-refractivity contribution in [1.29, 1.82) is 0 Å². The molecule has 0 aliphatic carbocycles. The van der Waals surface area contributed by atoms with Crippen LogP contribution in [0.4, 0.5) is 11.4 Å². The quantitative estimate of drug-likeness (QED) is 0.578. The molecule has 2 amide bonds. The molecule has 3 aromatic rings. The van der Waals surface area contributed by atoms with Crippen molar-refractivity contribution >= 4 is 28.8 Å². The van der Waals surface area contributed by atoms with Gasteiger partial charge in [-0.25, -0.2) is 4.90 Å². The van der Waals surface area contributed by atoms with Gasteiger partial charge in [0.2, 0.25) is 0 Å². The third-order valence-electron chi connectivity index (χ3n) is 5.29. The number of nitrogens with one attached hydrogen (secondary N) is 1. The number of benzene rings is 3. The maximum absolute atomic E-state index is 13.4. The van der Waals surface area contributed by atoms with E-state index < -0.39 is 0 Å². The van der Waals surface area contributed by atoms with E-state index in [1.165, 1.54) is 10.5 Å². The highest BCUT2D eigenvalue weighted by Crippen LogP contribution is 2.34. The molecule has 0 saturated carbocycles. The normalized spacial score (nSPS) is 14.1. The van der Waals surface area contributed by atoms with Gasteiger partial charge < -0.3 is 5.32 Å². The van der Waals surface area contributed by atoms with Crippen LogP contribution in [0.2, 0.25) is 0 Å². The van der Waals surface area contributed by atoms with Gasteiger partial charge in [0.25, 0.3) is 11.8 Å². The predicted molar refractivity (Wildman–Crippen MR) is 121 cm³/mol. The van der Waals surface area contributed by atoms with E-state index in [2.05, 4.69) is 19.2 Å². The van der Waals surface area contributed by atoms with E-state index in [9.17, 15) is 9.59 Å². The zero-order valence-electron chi connectivity index (χ0n) is 17.3. The number of imide groups is 1. The Kier molecular flexibility index (Phi) is 5.23. The molecule has 0 aromatic heterocycles. The number of hydrogen-bond donors (Lipinski definition) is 1.